The minimum atomic E-state index is 0.139. The molecule has 1 heterocycles. The second-order valence-corrected chi connectivity index (χ2v) is 5.85. The smallest absolute Gasteiger partial charge is 0.0644 e. The van der Waals surface area contributed by atoms with Crippen LogP contribution in [0.25, 0.3) is 0 Å². The van der Waals surface area contributed by atoms with Gasteiger partial charge in [-0.15, -0.1) is 0 Å². The van der Waals surface area contributed by atoms with Gasteiger partial charge in [-0.05, 0) is 39.5 Å². The van der Waals surface area contributed by atoms with Crippen LogP contribution in [-0.4, -0.2) is 27.5 Å². The van der Waals surface area contributed by atoms with Gasteiger partial charge in [0, 0.05) is 23.8 Å². The topological polar surface area (TPSA) is 50.1 Å². The summed E-state index contributed by atoms with van der Waals surface area (Å²) in [6.45, 7) is 12.5. The van der Waals surface area contributed by atoms with Crippen LogP contribution in [0.1, 0.15) is 50.6 Å². The highest BCUT2D eigenvalue weighted by molar-refractivity contribution is 5.24. The first-order valence-electron chi connectivity index (χ1n) is 7.32. The van der Waals surface area contributed by atoms with E-state index < -0.39 is 0 Å². The summed E-state index contributed by atoms with van der Waals surface area (Å²) in [4.78, 5) is 0. The maximum Gasteiger partial charge on any atom is 0.0644 e. The lowest BCUT2D eigenvalue weighted by Gasteiger charge is -2.15. The van der Waals surface area contributed by atoms with E-state index in [0.717, 1.165) is 23.9 Å². The standard InChI is InChI=1S/C15H29N3O/c1-11(2)6-7-12(3)16-10-15-13(4)17-18(8-9-19)14(15)5/h11-12,16,19H,6-10H2,1-5H3. The first-order chi connectivity index (χ1) is 8.95. The predicted octanol–water partition coefficient (Wildman–Crippen LogP) is 2.41. The van der Waals surface area contributed by atoms with E-state index in [1.54, 1.807) is 0 Å². The van der Waals surface area contributed by atoms with Gasteiger partial charge in [-0.1, -0.05) is 13.8 Å². The molecule has 0 bridgehead atoms. The largest absolute Gasteiger partial charge is 0.394 e. The van der Waals surface area contributed by atoms with Gasteiger partial charge in [0.2, 0.25) is 0 Å². The third-order valence-corrected chi connectivity index (χ3v) is 3.65. The Hall–Kier alpha value is -0.870. The summed E-state index contributed by atoms with van der Waals surface area (Å²) in [6, 6.07) is 0.530. The Bertz CT molecular complexity index is 385. The quantitative estimate of drug-likeness (QED) is 0.760. The lowest BCUT2D eigenvalue weighted by molar-refractivity contribution is 0.267. The van der Waals surface area contributed by atoms with Crippen LogP contribution in [0, 0.1) is 19.8 Å². The lowest BCUT2D eigenvalue weighted by atomic mass is 10.0. The normalized spacial score (nSPS) is 13.2. The van der Waals surface area contributed by atoms with Crippen LogP contribution in [0.3, 0.4) is 0 Å². The molecule has 4 nitrogen and oxygen atoms in total. The van der Waals surface area contributed by atoms with Gasteiger partial charge in [0.1, 0.15) is 0 Å². The Balaban J connectivity index is 2.53. The third-order valence-electron chi connectivity index (χ3n) is 3.65. The maximum absolute atomic E-state index is 9.01. The zero-order valence-corrected chi connectivity index (χ0v) is 13.0. The van der Waals surface area contributed by atoms with E-state index >= 15 is 0 Å². The fraction of sp³-hybridized carbons (Fsp3) is 0.800. The van der Waals surface area contributed by atoms with Crippen molar-refractivity contribution in [2.75, 3.05) is 6.61 Å². The van der Waals surface area contributed by atoms with Crippen molar-refractivity contribution in [2.45, 2.75) is 66.6 Å². The number of hydrogen-bond acceptors (Lipinski definition) is 3. The molecule has 110 valence electrons. The molecule has 4 heteroatoms. The summed E-state index contributed by atoms with van der Waals surface area (Å²) >= 11 is 0. The van der Waals surface area contributed by atoms with Gasteiger partial charge in [-0.3, -0.25) is 4.68 Å². The van der Waals surface area contributed by atoms with Gasteiger partial charge in [0.05, 0.1) is 18.8 Å². The maximum atomic E-state index is 9.01. The van der Waals surface area contributed by atoms with E-state index in [-0.39, 0.29) is 6.61 Å². The van der Waals surface area contributed by atoms with Crippen molar-refractivity contribution < 1.29 is 5.11 Å². The van der Waals surface area contributed by atoms with Crippen LogP contribution < -0.4 is 5.32 Å². The molecular weight excluding hydrogens is 238 g/mol. The third kappa shape index (κ3) is 4.96. The highest BCUT2D eigenvalue weighted by atomic mass is 16.3. The van der Waals surface area contributed by atoms with Crippen molar-refractivity contribution in [1.82, 2.24) is 15.1 Å². The predicted molar refractivity (Wildman–Crippen MR) is 79.2 cm³/mol. The molecule has 0 aliphatic heterocycles. The van der Waals surface area contributed by atoms with Crippen molar-refractivity contribution in [3.63, 3.8) is 0 Å². The first-order valence-corrected chi connectivity index (χ1v) is 7.32. The molecule has 1 aromatic heterocycles. The molecule has 2 N–H and O–H groups in total. The molecule has 1 atom stereocenters. The van der Waals surface area contributed by atoms with Gasteiger partial charge in [0.25, 0.3) is 0 Å². The molecule has 0 saturated heterocycles. The molecule has 19 heavy (non-hydrogen) atoms. The average molecular weight is 267 g/mol. The van der Waals surface area contributed by atoms with Crippen LogP contribution in [0.4, 0.5) is 0 Å². The molecule has 1 unspecified atom stereocenters. The van der Waals surface area contributed by atoms with Crippen LogP contribution in [0.15, 0.2) is 0 Å². The summed E-state index contributed by atoms with van der Waals surface area (Å²) in [6.07, 6.45) is 2.47. The lowest BCUT2D eigenvalue weighted by Crippen LogP contribution is -2.26. The molecule has 1 aromatic rings. The monoisotopic (exact) mass is 267 g/mol. The van der Waals surface area contributed by atoms with Gasteiger partial charge >= 0.3 is 0 Å². The molecule has 0 aliphatic carbocycles. The van der Waals surface area contributed by atoms with E-state index in [0.29, 0.717) is 12.6 Å². The minimum absolute atomic E-state index is 0.139. The van der Waals surface area contributed by atoms with Crippen LogP contribution >= 0.6 is 0 Å². The fourth-order valence-corrected chi connectivity index (χ4v) is 2.26. The van der Waals surface area contributed by atoms with Crippen molar-refractivity contribution in [1.29, 1.82) is 0 Å². The SMILES string of the molecule is Cc1nn(CCO)c(C)c1CNC(C)CCC(C)C. The second-order valence-electron chi connectivity index (χ2n) is 5.85. The molecule has 0 amide bonds. The van der Waals surface area contributed by atoms with Crippen LogP contribution in [0.2, 0.25) is 0 Å². The Labute approximate surface area is 117 Å². The molecule has 1 rings (SSSR count). The van der Waals surface area contributed by atoms with Gasteiger partial charge in [0.15, 0.2) is 0 Å². The Morgan fingerprint density at radius 3 is 2.47 bits per heavy atom. The van der Waals surface area contributed by atoms with E-state index in [1.807, 2.05) is 11.6 Å². The van der Waals surface area contributed by atoms with E-state index in [2.05, 4.69) is 38.1 Å². The van der Waals surface area contributed by atoms with Crippen LogP contribution in [-0.2, 0) is 13.1 Å². The zero-order chi connectivity index (χ0) is 14.4. The van der Waals surface area contributed by atoms with Gasteiger partial charge < -0.3 is 10.4 Å². The number of nitrogens with zero attached hydrogens (tertiary/aromatic N) is 2. The summed E-state index contributed by atoms with van der Waals surface area (Å²) in [7, 11) is 0. The number of nitrogens with one attached hydrogen (secondary N) is 1. The Kier molecular flexibility index (Phi) is 6.52. The molecule has 0 saturated carbocycles. The Morgan fingerprint density at radius 1 is 1.21 bits per heavy atom. The molecule has 0 fully saturated rings. The fourth-order valence-electron chi connectivity index (χ4n) is 2.26. The van der Waals surface area contributed by atoms with Gasteiger partial charge in [-0.25, -0.2) is 0 Å². The number of aromatic nitrogens is 2. The second kappa shape index (κ2) is 7.65. The Morgan fingerprint density at radius 2 is 1.89 bits per heavy atom. The number of rotatable bonds is 8. The summed E-state index contributed by atoms with van der Waals surface area (Å²) in [5.41, 5.74) is 3.49. The summed E-state index contributed by atoms with van der Waals surface area (Å²) in [5, 5.41) is 17.1. The van der Waals surface area contributed by atoms with Crippen molar-refractivity contribution >= 4 is 0 Å². The van der Waals surface area contributed by atoms with E-state index in [1.165, 1.54) is 18.4 Å². The summed E-state index contributed by atoms with van der Waals surface area (Å²) in [5.74, 6) is 0.764. The van der Waals surface area contributed by atoms with Crippen molar-refractivity contribution in [2.24, 2.45) is 5.92 Å². The van der Waals surface area contributed by atoms with Gasteiger partial charge in [-0.2, -0.15) is 5.10 Å². The molecule has 0 aliphatic rings. The summed E-state index contributed by atoms with van der Waals surface area (Å²) < 4.78 is 1.89. The molecule has 0 radical (unpaired) electrons. The van der Waals surface area contributed by atoms with Crippen LogP contribution in [0.5, 0.6) is 0 Å². The average Bonchev–Trinajstić information content (AvgIpc) is 2.60. The number of hydrogen-bond donors (Lipinski definition) is 2. The molecule has 0 aromatic carbocycles. The highest BCUT2D eigenvalue weighted by Gasteiger charge is 2.12. The number of aliphatic hydroxyl groups excluding tert-OH is 1. The van der Waals surface area contributed by atoms with E-state index in [4.69, 9.17) is 5.11 Å². The van der Waals surface area contributed by atoms with Crippen molar-refractivity contribution in [3.05, 3.63) is 17.0 Å². The number of aliphatic hydroxyl groups is 1. The zero-order valence-electron chi connectivity index (χ0n) is 13.0. The number of aryl methyl sites for hydroxylation is 1. The van der Waals surface area contributed by atoms with Crippen molar-refractivity contribution in [3.8, 4) is 0 Å². The molecular formula is C15H29N3O. The minimum Gasteiger partial charge on any atom is -0.394 e. The van der Waals surface area contributed by atoms with E-state index in [9.17, 15) is 0 Å². The first kappa shape index (κ1) is 16.2. The highest BCUT2D eigenvalue weighted by Crippen LogP contribution is 2.14. The molecule has 0 spiro atoms.